The average Bonchev–Trinajstić information content (AvgIpc) is 3.69. The molecule has 38 heavy (non-hydrogen) atoms. The van der Waals surface area contributed by atoms with Crippen molar-refractivity contribution in [1.29, 1.82) is 0 Å². The lowest BCUT2D eigenvalue weighted by Crippen LogP contribution is -2.33. The van der Waals surface area contributed by atoms with Crippen LogP contribution < -0.4 is 5.32 Å². The van der Waals surface area contributed by atoms with Crippen LogP contribution in [0.25, 0.3) is 39.5 Å². The molecule has 188 valence electrons. The summed E-state index contributed by atoms with van der Waals surface area (Å²) in [5.41, 5.74) is 6.31. The molecule has 3 heterocycles. The van der Waals surface area contributed by atoms with Gasteiger partial charge in [0.05, 0.1) is 24.1 Å². The molecule has 1 N–H and O–H groups in total. The van der Waals surface area contributed by atoms with Crippen LogP contribution in [0.3, 0.4) is 0 Å². The van der Waals surface area contributed by atoms with Crippen LogP contribution >= 0.6 is 0 Å². The van der Waals surface area contributed by atoms with Gasteiger partial charge in [-0.1, -0.05) is 91.0 Å². The number of nitrogens with one attached hydrogen (secondary N) is 1. The highest BCUT2D eigenvalue weighted by Gasteiger charge is 2.20. The molecule has 1 amide bonds. The molecule has 7 nitrogen and oxygen atoms in total. The van der Waals surface area contributed by atoms with Gasteiger partial charge in [-0.25, -0.2) is 14.6 Å². The number of anilines is 1. The van der Waals surface area contributed by atoms with Crippen molar-refractivity contribution < 1.29 is 4.79 Å². The Morgan fingerprint density at radius 3 is 2.05 bits per heavy atom. The van der Waals surface area contributed by atoms with Crippen molar-refractivity contribution in [2.24, 2.45) is 0 Å². The maximum atomic E-state index is 12.6. The Morgan fingerprint density at radius 1 is 0.789 bits per heavy atom. The summed E-state index contributed by atoms with van der Waals surface area (Å²) in [4.78, 5) is 24.0. The Balaban J connectivity index is 1.43. The van der Waals surface area contributed by atoms with Crippen LogP contribution in [0.15, 0.2) is 103 Å². The van der Waals surface area contributed by atoms with Crippen LogP contribution in [-0.4, -0.2) is 50.2 Å². The van der Waals surface area contributed by atoms with Gasteiger partial charge in [0.15, 0.2) is 0 Å². The van der Waals surface area contributed by atoms with Crippen LogP contribution in [-0.2, 0) is 4.79 Å². The fraction of sp³-hybridized carbons (Fsp3) is 0.161. The Morgan fingerprint density at radius 2 is 1.39 bits per heavy atom. The van der Waals surface area contributed by atoms with Crippen LogP contribution in [0, 0.1) is 0 Å². The predicted molar refractivity (Wildman–Crippen MR) is 150 cm³/mol. The minimum Gasteiger partial charge on any atom is -0.345 e. The molecule has 0 radical (unpaired) electrons. The molecule has 1 aliphatic rings. The van der Waals surface area contributed by atoms with Crippen molar-refractivity contribution >= 4 is 11.9 Å². The minimum absolute atomic E-state index is 0.0716. The highest BCUT2D eigenvalue weighted by Crippen LogP contribution is 2.32. The van der Waals surface area contributed by atoms with E-state index < -0.39 is 0 Å². The number of hydrogen-bond donors (Lipinski definition) is 1. The SMILES string of the molecule is O=C(CNc1ncc(-n2nc(-c3ccccc3)cc2-c2ccccc2)c(-c2ccccc2)n1)N1CCCC1. The summed E-state index contributed by atoms with van der Waals surface area (Å²) in [5, 5.41) is 8.17. The van der Waals surface area contributed by atoms with E-state index in [1.807, 2.05) is 76.3 Å². The lowest BCUT2D eigenvalue weighted by atomic mass is 10.1. The molecule has 0 unspecified atom stereocenters. The van der Waals surface area contributed by atoms with Crippen molar-refractivity contribution in [3.05, 3.63) is 103 Å². The molecule has 1 saturated heterocycles. The van der Waals surface area contributed by atoms with E-state index in [1.54, 1.807) is 6.20 Å². The number of benzene rings is 3. The van der Waals surface area contributed by atoms with E-state index in [-0.39, 0.29) is 12.5 Å². The maximum absolute atomic E-state index is 12.6. The van der Waals surface area contributed by atoms with Gasteiger partial charge in [-0.15, -0.1) is 0 Å². The molecule has 0 spiro atoms. The molecule has 6 rings (SSSR count). The van der Waals surface area contributed by atoms with Gasteiger partial charge in [0.1, 0.15) is 11.4 Å². The zero-order valence-electron chi connectivity index (χ0n) is 21.0. The molecule has 2 aromatic heterocycles. The highest BCUT2D eigenvalue weighted by atomic mass is 16.2. The number of hydrogen-bond acceptors (Lipinski definition) is 5. The summed E-state index contributed by atoms with van der Waals surface area (Å²) >= 11 is 0. The van der Waals surface area contributed by atoms with Crippen LogP contribution in [0.4, 0.5) is 5.95 Å². The first-order chi connectivity index (χ1) is 18.8. The Bertz CT molecular complexity index is 1530. The number of amides is 1. The molecular formula is C31H28N6O. The second-order valence-electron chi connectivity index (χ2n) is 9.29. The third kappa shape index (κ3) is 4.91. The first-order valence-electron chi connectivity index (χ1n) is 12.9. The minimum atomic E-state index is 0.0716. The van der Waals surface area contributed by atoms with Gasteiger partial charge in [-0.2, -0.15) is 5.10 Å². The molecule has 7 heteroatoms. The fourth-order valence-electron chi connectivity index (χ4n) is 4.79. The van der Waals surface area contributed by atoms with E-state index in [1.165, 1.54) is 0 Å². The summed E-state index contributed by atoms with van der Waals surface area (Å²) in [5.74, 6) is 0.485. The van der Waals surface area contributed by atoms with Crippen LogP contribution in [0.2, 0.25) is 0 Å². The predicted octanol–water partition coefficient (Wildman–Crippen LogP) is 5.70. The van der Waals surface area contributed by atoms with Gasteiger partial charge in [0.25, 0.3) is 0 Å². The average molecular weight is 501 g/mol. The van der Waals surface area contributed by atoms with Gasteiger partial charge in [-0.05, 0) is 18.9 Å². The van der Waals surface area contributed by atoms with E-state index in [0.29, 0.717) is 5.95 Å². The van der Waals surface area contributed by atoms with Crippen LogP contribution in [0.1, 0.15) is 12.8 Å². The number of aromatic nitrogens is 4. The summed E-state index contributed by atoms with van der Waals surface area (Å²) in [6, 6.07) is 32.4. The van der Waals surface area contributed by atoms with Crippen molar-refractivity contribution in [3.8, 4) is 39.5 Å². The van der Waals surface area contributed by atoms with E-state index in [0.717, 1.165) is 65.4 Å². The molecule has 1 fully saturated rings. The van der Waals surface area contributed by atoms with E-state index in [2.05, 4.69) is 40.6 Å². The standard InChI is InChI=1S/C31H28N6O/c38-29(36-18-10-11-19-36)22-33-31-32-21-28(30(34-31)25-16-8-3-9-17-25)37-27(24-14-6-2-7-15-24)20-26(35-37)23-12-4-1-5-13-23/h1-9,12-17,20-21H,10-11,18-19,22H2,(H,32,33,34). The largest absolute Gasteiger partial charge is 0.345 e. The van der Waals surface area contributed by atoms with E-state index >= 15 is 0 Å². The topological polar surface area (TPSA) is 75.9 Å². The Kier molecular flexibility index (Phi) is 6.64. The summed E-state index contributed by atoms with van der Waals surface area (Å²) in [6.07, 6.45) is 3.91. The van der Waals surface area contributed by atoms with Crippen LogP contribution in [0.5, 0.6) is 0 Å². The highest BCUT2D eigenvalue weighted by molar-refractivity contribution is 5.81. The summed E-state index contributed by atoms with van der Waals surface area (Å²) in [6.45, 7) is 1.81. The maximum Gasteiger partial charge on any atom is 0.241 e. The van der Waals surface area contributed by atoms with Gasteiger partial charge in [0, 0.05) is 29.8 Å². The molecular weight excluding hydrogens is 472 g/mol. The molecule has 0 bridgehead atoms. The monoisotopic (exact) mass is 500 g/mol. The molecule has 0 aliphatic carbocycles. The van der Waals surface area contributed by atoms with Gasteiger partial charge in [0.2, 0.25) is 11.9 Å². The number of carbonyl (C=O) groups excluding carboxylic acids is 1. The molecule has 3 aromatic carbocycles. The van der Waals surface area contributed by atoms with Crippen molar-refractivity contribution in [2.45, 2.75) is 12.8 Å². The van der Waals surface area contributed by atoms with Gasteiger partial charge in [-0.3, -0.25) is 4.79 Å². The van der Waals surface area contributed by atoms with Crippen molar-refractivity contribution in [2.75, 3.05) is 25.0 Å². The number of carbonyl (C=O) groups is 1. The number of nitrogens with zero attached hydrogens (tertiary/aromatic N) is 5. The zero-order chi connectivity index (χ0) is 25.7. The Labute approximate surface area is 221 Å². The molecule has 0 atom stereocenters. The van der Waals surface area contributed by atoms with Crippen molar-refractivity contribution in [1.82, 2.24) is 24.6 Å². The van der Waals surface area contributed by atoms with Gasteiger partial charge < -0.3 is 10.2 Å². The quantitative estimate of drug-likeness (QED) is 0.310. The van der Waals surface area contributed by atoms with E-state index in [9.17, 15) is 4.79 Å². The summed E-state index contributed by atoms with van der Waals surface area (Å²) in [7, 11) is 0. The van der Waals surface area contributed by atoms with E-state index in [4.69, 9.17) is 10.1 Å². The zero-order valence-corrected chi connectivity index (χ0v) is 21.0. The lowest BCUT2D eigenvalue weighted by molar-refractivity contribution is -0.128. The third-order valence-corrected chi connectivity index (χ3v) is 6.75. The molecule has 1 aliphatic heterocycles. The second-order valence-corrected chi connectivity index (χ2v) is 9.29. The number of rotatable bonds is 7. The lowest BCUT2D eigenvalue weighted by Gasteiger charge is -2.16. The molecule has 0 saturated carbocycles. The summed E-state index contributed by atoms with van der Waals surface area (Å²) < 4.78 is 1.92. The first kappa shape index (κ1) is 23.6. The van der Waals surface area contributed by atoms with Gasteiger partial charge >= 0.3 is 0 Å². The normalized spacial score (nSPS) is 13.0. The van der Waals surface area contributed by atoms with Crippen molar-refractivity contribution in [3.63, 3.8) is 0 Å². The fourth-order valence-corrected chi connectivity index (χ4v) is 4.79. The number of likely N-dealkylation sites (tertiary alicyclic amines) is 1. The molecule has 5 aromatic rings. The third-order valence-electron chi connectivity index (χ3n) is 6.75. The Hall–Kier alpha value is -4.78. The second kappa shape index (κ2) is 10.7. The smallest absolute Gasteiger partial charge is 0.241 e. The first-order valence-corrected chi connectivity index (χ1v) is 12.9.